The maximum absolute atomic E-state index is 13.8. The van der Waals surface area contributed by atoms with E-state index in [-0.39, 0.29) is 30.7 Å². The largest absolute Gasteiger partial charge is 0.391 e. The fourth-order valence-electron chi connectivity index (χ4n) is 5.57. The Kier molecular flexibility index (Phi) is 14.3. The van der Waals surface area contributed by atoms with Crippen molar-refractivity contribution >= 4 is 35.8 Å². The molecule has 0 aromatic rings. The zero-order valence-electron chi connectivity index (χ0n) is 25.0. The molecule has 0 aliphatic carbocycles. The summed E-state index contributed by atoms with van der Waals surface area (Å²) in [5, 5.41) is 17.9. The Labute approximate surface area is 247 Å². The standard InChI is InChI=1S/C28H49N7O7/c1-17(2)14-19(16-36)31-25(39)21-9-6-12-34(21)28(42)22-10-7-13-35(22)27(41)20(8-4-5-11-29)32-26(40)24(18(3)37)33-23(38)15-30/h16-22,24,37H,4-15,29-30H2,1-3H3,(H,31,39)(H,32,40)(H,33,38)/t18-,19+,20+,21+,22+,24+/m1/s1. The summed E-state index contributed by atoms with van der Waals surface area (Å²) in [5.41, 5.74) is 11.0. The number of unbranched alkanes of at least 4 members (excludes halogenated alkanes) is 1. The average molecular weight is 596 g/mol. The first-order valence-corrected chi connectivity index (χ1v) is 15.0. The van der Waals surface area contributed by atoms with E-state index in [1.165, 1.54) is 16.7 Å². The molecule has 2 aliphatic rings. The molecule has 0 saturated carbocycles. The summed E-state index contributed by atoms with van der Waals surface area (Å²) in [7, 11) is 0. The number of hydrogen-bond donors (Lipinski definition) is 6. The molecule has 42 heavy (non-hydrogen) atoms. The zero-order chi connectivity index (χ0) is 31.4. The minimum absolute atomic E-state index is 0.200. The van der Waals surface area contributed by atoms with Gasteiger partial charge < -0.3 is 47.1 Å². The Balaban J connectivity index is 2.19. The number of aldehydes is 1. The first-order chi connectivity index (χ1) is 19.9. The number of nitrogens with zero attached hydrogens (tertiary/aromatic N) is 2. The molecule has 0 radical (unpaired) electrons. The van der Waals surface area contributed by atoms with Gasteiger partial charge in [0, 0.05) is 13.1 Å². The van der Waals surface area contributed by atoms with Crippen LogP contribution in [0.1, 0.15) is 72.1 Å². The smallest absolute Gasteiger partial charge is 0.246 e. The third-order valence-electron chi connectivity index (χ3n) is 7.70. The highest BCUT2D eigenvalue weighted by molar-refractivity contribution is 5.96. The van der Waals surface area contributed by atoms with Gasteiger partial charge >= 0.3 is 0 Å². The minimum Gasteiger partial charge on any atom is -0.391 e. The van der Waals surface area contributed by atoms with Gasteiger partial charge in [0.2, 0.25) is 29.5 Å². The van der Waals surface area contributed by atoms with Crippen LogP contribution in [0.2, 0.25) is 0 Å². The number of nitrogens with one attached hydrogen (secondary N) is 3. The molecule has 2 fully saturated rings. The van der Waals surface area contributed by atoms with Crippen LogP contribution >= 0.6 is 0 Å². The summed E-state index contributed by atoms with van der Waals surface area (Å²) in [6.45, 7) is 5.91. The summed E-state index contributed by atoms with van der Waals surface area (Å²) in [6, 6.07) is -4.52. The number of aliphatic hydroxyl groups is 1. The lowest BCUT2D eigenvalue weighted by atomic mass is 10.0. The third kappa shape index (κ3) is 9.73. The van der Waals surface area contributed by atoms with Crippen molar-refractivity contribution in [1.82, 2.24) is 25.8 Å². The molecule has 2 aliphatic heterocycles. The predicted octanol–water partition coefficient (Wildman–Crippen LogP) is -1.86. The molecule has 0 bridgehead atoms. The van der Waals surface area contributed by atoms with Gasteiger partial charge in [-0.3, -0.25) is 24.0 Å². The van der Waals surface area contributed by atoms with Crippen molar-refractivity contribution in [2.75, 3.05) is 26.2 Å². The van der Waals surface area contributed by atoms with Gasteiger partial charge in [-0.05, 0) is 70.8 Å². The summed E-state index contributed by atoms with van der Waals surface area (Å²) < 4.78 is 0. The van der Waals surface area contributed by atoms with Crippen molar-refractivity contribution in [3.8, 4) is 0 Å². The van der Waals surface area contributed by atoms with Crippen molar-refractivity contribution in [3.05, 3.63) is 0 Å². The molecule has 0 aromatic carbocycles. The van der Waals surface area contributed by atoms with Gasteiger partial charge in [0.25, 0.3) is 0 Å². The Morgan fingerprint density at radius 3 is 2.14 bits per heavy atom. The molecular formula is C28H49N7O7. The van der Waals surface area contributed by atoms with Crippen LogP contribution in [0.5, 0.6) is 0 Å². The van der Waals surface area contributed by atoms with Crippen molar-refractivity contribution in [2.45, 2.75) is 108 Å². The van der Waals surface area contributed by atoms with Gasteiger partial charge in [-0.25, -0.2) is 0 Å². The second kappa shape index (κ2) is 17.1. The summed E-state index contributed by atoms with van der Waals surface area (Å²) in [5.74, 6) is -2.36. The van der Waals surface area contributed by atoms with E-state index in [1.807, 2.05) is 13.8 Å². The van der Waals surface area contributed by atoms with Crippen molar-refractivity contribution in [2.24, 2.45) is 17.4 Å². The predicted molar refractivity (Wildman–Crippen MR) is 154 cm³/mol. The quantitative estimate of drug-likeness (QED) is 0.0869. The lowest BCUT2D eigenvalue weighted by molar-refractivity contribution is -0.148. The van der Waals surface area contributed by atoms with Gasteiger partial charge in [0.15, 0.2) is 0 Å². The number of nitrogens with two attached hydrogens (primary N) is 2. The molecule has 8 N–H and O–H groups in total. The van der Waals surface area contributed by atoms with E-state index < -0.39 is 54.0 Å². The second-order valence-corrected chi connectivity index (χ2v) is 11.6. The van der Waals surface area contributed by atoms with Crippen molar-refractivity contribution in [3.63, 3.8) is 0 Å². The molecule has 0 spiro atoms. The van der Waals surface area contributed by atoms with Gasteiger partial charge in [-0.1, -0.05) is 13.8 Å². The van der Waals surface area contributed by atoms with E-state index in [9.17, 15) is 33.9 Å². The maximum atomic E-state index is 13.8. The average Bonchev–Trinajstić information content (AvgIpc) is 3.64. The molecule has 2 saturated heterocycles. The summed E-state index contributed by atoms with van der Waals surface area (Å²) in [6.07, 6.45) is 3.38. The Morgan fingerprint density at radius 2 is 1.57 bits per heavy atom. The second-order valence-electron chi connectivity index (χ2n) is 11.6. The van der Waals surface area contributed by atoms with Gasteiger partial charge in [0.1, 0.15) is 30.5 Å². The van der Waals surface area contributed by atoms with Crippen LogP contribution in [0, 0.1) is 5.92 Å². The van der Waals surface area contributed by atoms with Crippen LogP contribution in [0.15, 0.2) is 0 Å². The fraction of sp³-hybridized carbons (Fsp3) is 0.786. The van der Waals surface area contributed by atoms with Crippen LogP contribution in [0.25, 0.3) is 0 Å². The van der Waals surface area contributed by atoms with Crippen LogP contribution in [-0.2, 0) is 28.8 Å². The number of aliphatic hydroxyl groups excluding tert-OH is 1. The maximum Gasteiger partial charge on any atom is 0.246 e. The first-order valence-electron chi connectivity index (χ1n) is 15.0. The van der Waals surface area contributed by atoms with Crippen LogP contribution in [-0.4, -0.2) is 113 Å². The summed E-state index contributed by atoms with van der Waals surface area (Å²) in [4.78, 5) is 79.9. The van der Waals surface area contributed by atoms with E-state index in [0.29, 0.717) is 70.9 Å². The van der Waals surface area contributed by atoms with E-state index in [2.05, 4.69) is 16.0 Å². The Bertz CT molecular complexity index is 961. The normalized spacial score (nSPS) is 21.4. The molecule has 6 atom stereocenters. The van der Waals surface area contributed by atoms with E-state index in [1.54, 1.807) is 0 Å². The highest BCUT2D eigenvalue weighted by atomic mass is 16.3. The van der Waals surface area contributed by atoms with Crippen LogP contribution in [0.3, 0.4) is 0 Å². The molecular weight excluding hydrogens is 546 g/mol. The zero-order valence-corrected chi connectivity index (χ0v) is 25.0. The van der Waals surface area contributed by atoms with Gasteiger partial charge in [0.05, 0.1) is 18.7 Å². The molecule has 2 heterocycles. The SMILES string of the molecule is CC(C)C[C@@H](C=O)NC(=O)[C@@H]1CCCN1C(=O)[C@@H]1CCCN1C(=O)[C@H](CCCCN)NC(=O)[C@@H](NC(=O)CN)[C@@H](C)O. The molecule has 0 unspecified atom stereocenters. The lowest BCUT2D eigenvalue weighted by Gasteiger charge is -2.33. The number of hydrogen-bond acceptors (Lipinski definition) is 9. The van der Waals surface area contributed by atoms with Crippen molar-refractivity contribution in [1.29, 1.82) is 0 Å². The van der Waals surface area contributed by atoms with E-state index in [4.69, 9.17) is 11.5 Å². The molecule has 0 aromatic heterocycles. The summed E-state index contributed by atoms with van der Waals surface area (Å²) >= 11 is 0. The fourth-order valence-corrected chi connectivity index (χ4v) is 5.57. The monoisotopic (exact) mass is 595 g/mol. The van der Waals surface area contributed by atoms with E-state index >= 15 is 0 Å². The highest BCUT2D eigenvalue weighted by Crippen LogP contribution is 2.26. The molecule has 2 rings (SSSR count). The number of rotatable bonds is 16. The topological polar surface area (TPSA) is 217 Å². The molecule has 5 amide bonds. The number of carbonyl (C=O) groups excluding carboxylic acids is 6. The highest BCUT2D eigenvalue weighted by Gasteiger charge is 2.44. The number of carbonyl (C=O) groups is 6. The number of likely N-dealkylation sites (tertiary alicyclic amines) is 2. The Morgan fingerprint density at radius 1 is 0.929 bits per heavy atom. The minimum atomic E-state index is -1.32. The molecule has 14 heteroatoms. The van der Waals surface area contributed by atoms with Gasteiger partial charge in [-0.15, -0.1) is 0 Å². The third-order valence-corrected chi connectivity index (χ3v) is 7.70. The lowest BCUT2D eigenvalue weighted by Crippen LogP contribution is -2.59. The van der Waals surface area contributed by atoms with Crippen molar-refractivity contribution < 1.29 is 33.9 Å². The van der Waals surface area contributed by atoms with E-state index in [0.717, 1.165) is 0 Å². The molecule has 238 valence electrons. The molecule has 14 nitrogen and oxygen atoms in total. The first kappa shape index (κ1) is 35.1. The van der Waals surface area contributed by atoms with Crippen LogP contribution < -0.4 is 27.4 Å². The van der Waals surface area contributed by atoms with Gasteiger partial charge in [-0.2, -0.15) is 0 Å². The van der Waals surface area contributed by atoms with Crippen LogP contribution in [0.4, 0.5) is 0 Å². The Hall–Kier alpha value is -3.10. The number of amides is 5.